The molecule has 2 fully saturated rings. The van der Waals surface area contributed by atoms with Gasteiger partial charge in [0.25, 0.3) is 10.0 Å². The summed E-state index contributed by atoms with van der Waals surface area (Å²) >= 11 is 0. The van der Waals surface area contributed by atoms with E-state index < -0.39 is 27.6 Å². The number of aliphatic carboxylic acids is 1. The van der Waals surface area contributed by atoms with E-state index in [1.165, 1.54) is 12.1 Å². The lowest BCUT2D eigenvalue weighted by molar-refractivity contribution is -0.144. The average molecular weight is 517 g/mol. The lowest BCUT2D eigenvalue weighted by Gasteiger charge is -2.26. The summed E-state index contributed by atoms with van der Waals surface area (Å²) in [5, 5.41) is 12.5. The number of carboxylic acid groups (broad SMARTS) is 1. The summed E-state index contributed by atoms with van der Waals surface area (Å²) in [4.78, 5) is 24.8. The molecule has 10 heteroatoms. The van der Waals surface area contributed by atoms with Crippen LogP contribution in [0.2, 0.25) is 0 Å². The van der Waals surface area contributed by atoms with Crippen molar-refractivity contribution in [1.82, 2.24) is 10.0 Å². The number of carbonyl (C=O) groups excluding carboxylic acids is 1. The van der Waals surface area contributed by atoms with Crippen molar-refractivity contribution in [3.8, 4) is 11.5 Å². The third-order valence-corrected chi connectivity index (χ3v) is 8.44. The molecule has 0 bridgehead atoms. The molecule has 194 valence electrons. The highest BCUT2D eigenvalue weighted by atomic mass is 32.2. The van der Waals surface area contributed by atoms with Crippen molar-refractivity contribution in [3.63, 3.8) is 0 Å². The SMILES string of the molecule is COc1ccc(C2CCC(NC(=O)NS(=O)(=O)c3ccc(C)cc3)(C(=O)O)C2)cc1OC1CCCC1. The number of rotatable bonds is 8. The van der Waals surface area contributed by atoms with Crippen LogP contribution < -0.4 is 19.5 Å². The Balaban J connectivity index is 1.48. The van der Waals surface area contributed by atoms with Crippen LogP contribution in [0, 0.1) is 6.92 Å². The summed E-state index contributed by atoms with van der Waals surface area (Å²) in [6.07, 6.45) is 5.16. The second-order valence-corrected chi connectivity index (χ2v) is 11.3. The first-order valence-corrected chi connectivity index (χ1v) is 13.6. The number of methoxy groups -OCH3 is 1. The topological polar surface area (TPSA) is 131 Å². The number of hydrogen-bond acceptors (Lipinski definition) is 6. The van der Waals surface area contributed by atoms with Gasteiger partial charge in [-0.1, -0.05) is 23.8 Å². The highest BCUT2D eigenvalue weighted by Gasteiger charge is 2.47. The van der Waals surface area contributed by atoms with E-state index in [9.17, 15) is 23.1 Å². The van der Waals surface area contributed by atoms with E-state index in [4.69, 9.17) is 9.47 Å². The summed E-state index contributed by atoms with van der Waals surface area (Å²) in [7, 11) is -2.57. The molecular weight excluding hydrogens is 484 g/mol. The van der Waals surface area contributed by atoms with Gasteiger partial charge in [-0.2, -0.15) is 0 Å². The quantitative estimate of drug-likeness (QED) is 0.481. The minimum Gasteiger partial charge on any atom is -0.493 e. The molecule has 4 rings (SSSR count). The largest absolute Gasteiger partial charge is 0.493 e. The molecule has 2 atom stereocenters. The summed E-state index contributed by atoms with van der Waals surface area (Å²) in [5.41, 5.74) is 0.168. The predicted molar refractivity (Wildman–Crippen MR) is 133 cm³/mol. The Morgan fingerprint density at radius 2 is 1.72 bits per heavy atom. The van der Waals surface area contributed by atoms with Crippen molar-refractivity contribution in [2.24, 2.45) is 0 Å². The van der Waals surface area contributed by atoms with Gasteiger partial charge in [-0.15, -0.1) is 0 Å². The Kier molecular flexibility index (Phi) is 7.44. The molecule has 2 unspecified atom stereocenters. The van der Waals surface area contributed by atoms with Gasteiger partial charge < -0.3 is 19.9 Å². The van der Waals surface area contributed by atoms with Crippen molar-refractivity contribution in [2.75, 3.05) is 7.11 Å². The van der Waals surface area contributed by atoms with Crippen LogP contribution in [0.15, 0.2) is 47.4 Å². The molecule has 0 aromatic heterocycles. The van der Waals surface area contributed by atoms with Crippen LogP contribution in [-0.2, 0) is 14.8 Å². The van der Waals surface area contributed by atoms with Gasteiger partial charge in [0.15, 0.2) is 11.5 Å². The van der Waals surface area contributed by atoms with Gasteiger partial charge in [-0.25, -0.2) is 22.7 Å². The third-order valence-electron chi connectivity index (χ3n) is 7.09. The summed E-state index contributed by atoms with van der Waals surface area (Å²) in [6.45, 7) is 1.82. The van der Waals surface area contributed by atoms with Crippen LogP contribution >= 0.6 is 0 Å². The van der Waals surface area contributed by atoms with Gasteiger partial charge in [-0.3, -0.25) is 0 Å². The van der Waals surface area contributed by atoms with Crippen LogP contribution in [0.3, 0.4) is 0 Å². The van der Waals surface area contributed by atoms with Gasteiger partial charge in [0, 0.05) is 0 Å². The molecule has 0 heterocycles. The lowest BCUT2D eigenvalue weighted by atomic mass is 9.92. The predicted octanol–water partition coefficient (Wildman–Crippen LogP) is 4.10. The van der Waals surface area contributed by atoms with E-state index in [1.54, 1.807) is 19.2 Å². The highest BCUT2D eigenvalue weighted by Crippen LogP contribution is 2.44. The van der Waals surface area contributed by atoms with Gasteiger partial charge in [-0.05, 0) is 87.6 Å². The molecule has 9 nitrogen and oxygen atoms in total. The second-order valence-electron chi connectivity index (χ2n) is 9.63. The fraction of sp³-hybridized carbons (Fsp3) is 0.462. The van der Waals surface area contributed by atoms with Gasteiger partial charge in [0.1, 0.15) is 5.54 Å². The number of hydrogen-bond donors (Lipinski definition) is 3. The van der Waals surface area contributed by atoms with Crippen molar-refractivity contribution in [3.05, 3.63) is 53.6 Å². The Hall–Kier alpha value is -3.27. The first-order chi connectivity index (χ1) is 17.1. The molecule has 0 radical (unpaired) electrons. The Bertz CT molecular complexity index is 1220. The smallest absolute Gasteiger partial charge is 0.329 e. The summed E-state index contributed by atoms with van der Waals surface area (Å²) in [6, 6.07) is 10.5. The molecule has 0 aliphatic heterocycles. The van der Waals surface area contributed by atoms with Crippen molar-refractivity contribution >= 4 is 22.0 Å². The van der Waals surface area contributed by atoms with E-state index in [2.05, 4.69) is 5.32 Å². The molecule has 2 saturated carbocycles. The fourth-order valence-electron chi connectivity index (χ4n) is 5.06. The number of carboxylic acids is 1. The maximum absolute atomic E-state index is 12.6. The zero-order chi connectivity index (χ0) is 25.9. The van der Waals surface area contributed by atoms with Gasteiger partial charge >= 0.3 is 12.0 Å². The summed E-state index contributed by atoms with van der Waals surface area (Å²) in [5.74, 6) is -0.118. The molecule has 2 aliphatic carbocycles. The molecule has 0 saturated heterocycles. The maximum Gasteiger partial charge on any atom is 0.329 e. The average Bonchev–Trinajstić information content (AvgIpc) is 3.50. The minimum atomic E-state index is -4.15. The summed E-state index contributed by atoms with van der Waals surface area (Å²) < 4.78 is 38.7. The van der Waals surface area contributed by atoms with E-state index in [0.717, 1.165) is 36.8 Å². The maximum atomic E-state index is 12.6. The van der Waals surface area contributed by atoms with Crippen molar-refractivity contribution in [2.45, 2.75) is 74.3 Å². The number of nitrogens with one attached hydrogen (secondary N) is 2. The number of carbonyl (C=O) groups is 2. The normalized spacial score (nSPS) is 22.2. The van der Waals surface area contributed by atoms with Crippen LogP contribution in [0.4, 0.5) is 4.79 Å². The Morgan fingerprint density at radius 1 is 1.03 bits per heavy atom. The fourth-order valence-corrected chi connectivity index (χ4v) is 5.96. The molecule has 2 aromatic carbocycles. The zero-order valence-electron chi connectivity index (χ0n) is 20.5. The molecule has 3 N–H and O–H groups in total. The van der Waals surface area contributed by atoms with Crippen LogP contribution in [0.25, 0.3) is 0 Å². The first-order valence-electron chi connectivity index (χ1n) is 12.1. The number of amides is 2. The lowest BCUT2D eigenvalue weighted by Crippen LogP contribution is -2.56. The van der Waals surface area contributed by atoms with E-state index in [1.807, 2.05) is 29.8 Å². The zero-order valence-corrected chi connectivity index (χ0v) is 21.3. The molecule has 36 heavy (non-hydrogen) atoms. The number of benzene rings is 2. The number of urea groups is 1. The standard InChI is InChI=1S/C26H32N2O7S/c1-17-7-10-21(11-8-17)36(32,33)28-25(31)27-26(24(29)30)14-13-19(16-26)18-9-12-22(34-2)23(15-18)35-20-5-3-4-6-20/h7-12,15,19-20H,3-6,13-14,16H2,1-2H3,(H,29,30)(H2,27,28,31). The molecule has 2 aliphatic rings. The number of sulfonamides is 1. The molecule has 2 amide bonds. The van der Waals surface area contributed by atoms with Crippen molar-refractivity contribution < 1.29 is 32.6 Å². The first kappa shape index (κ1) is 25.8. The Morgan fingerprint density at radius 3 is 2.36 bits per heavy atom. The number of aryl methyl sites for hydroxylation is 1. The van der Waals surface area contributed by atoms with E-state index in [-0.39, 0.29) is 29.8 Å². The van der Waals surface area contributed by atoms with Crippen LogP contribution in [0.1, 0.15) is 62.0 Å². The Labute approximate surface area is 211 Å². The van der Waals surface area contributed by atoms with Gasteiger partial charge in [0.05, 0.1) is 18.1 Å². The second kappa shape index (κ2) is 10.4. The van der Waals surface area contributed by atoms with Crippen molar-refractivity contribution in [1.29, 1.82) is 0 Å². The molecule has 0 spiro atoms. The van der Waals surface area contributed by atoms with E-state index in [0.29, 0.717) is 17.9 Å². The van der Waals surface area contributed by atoms with Crippen LogP contribution in [-0.4, -0.2) is 44.3 Å². The minimum absolute atomic E-state index is 0.0788. The van der Waals surface area contributed by atoms with Crippen LogP contribution in [0.5, 0.6) is 11.5 Å². The molecule has 2 aromatic rings. The van der Waals surface area contributed by atoms with Gasteiger partial charge in [0.2, 0.25) is 0 Å². The van der Waals surface area contributed by atoms with E-state index >= 15 is 0 Å². The monoisotopic (exact) mass is 516 g/mol. The third kappa shape index (κ3) is 5.59. The molecular formula is C26H32N2O7S. The number of ether oxygens (including phenoxy) is 2. The highest BCUT2D eigenvalue weighted by molar-refractivity contribution is 7.90.